The van der Waals surface area contributed by atoms with Gasteiger partial charge in [-0.15, -0.1) is 11.6 Å². The Morgan fingerprint density at radius 1 is 1.00 bits per heavy atom. The van der Waals surface area contributed by atoms with Gasteiger partial charge < -0.3 is 9.47 Å². The number of benzene rings is 2. The maximum absolute atomic E-state index is 14.1. The second kappa shape index (κ2) is 6.54. The van der Waals surface area contributed by atoms with Gasteiger partial charge >= 0.3 is 0 Å². The van der Waals surface area contributed by atoms with Gasteiger partial charge in [-0.3, -0.25) is 0 Å². The van der Waals surface area contributed by atoms with E-state index < -0.39 is 5.38 Å². The third-order valence-corrected chi connectivity index (χ3v) is 4.00. The smallest absolute Gasteiger partial charge is 0.162 e. The largest absolute Gasteiger partial charge is 0.493 e. The van der Waals surface area contributed by atoms with E-state index in [9.17, 15) is 4.39 Å². The van der Waals surface area contributed by atoms with E-state index in [2.05, 4.69) is 0 Å². The van der Waals surface area contributed by atoms with Crippen LogP contribution in [0, 0.1) is 12.7 Å². The van der Waals surface area contributed by atoms with E-state index in [0.29, 0.717) is 27.6 Å². The third kappa shape index (κ3) is 3.25. The first kappa shape index (κ1) is 15.9. The number of halogens is 3. The van der Waals surface area contributed by atoms with Crippen LogP contribution in [0.4, 0.5) is 4.39 Å². The van der Waals surface area contributed by atoms with Gasteiger partial charge in [-0.05, 0) is 30.2 Å². The number of hydrogen-bond donors (Lipinski definition) is 0. The van der Waals surface area contributed by atoms with Crippen LogP contribution in [0.15, 0.2) is 30.3 Å². The summed E-state index contributed by atoms with van der Waals surface area (Å²) in [5.41, 5.74) is 1.77. The number of methoxy groups -OCH3 is 2. The van der Waals surface area contributed by atoms with Crippen LogP contribution < -0.4 is 9.47 Å². The molecule has 2 nitrogen and oxygen atoms in total. The zero-order valence-corrected chi connectivity index (χ0v) is 13.4. The van der Waals surface area contributed by atoms with E-state index in [1.807, 2.05) is 13.0 Å². The second-order valence-electron chi connectivity index (χ2n) is 4.62. The van der Waals surface area contributed by atoms with Gasteiger partial charge in [0, 0.05) is 16.7 Å². The zero-order valence-electron chi connectivity index (χ0n) is 11.9. The molecular weight excluding hydrogens is 314 g/mol. The average molecular weight is 329 g/mol. The van der Waals surface area contributed by atoms with Crippen molar-refractivity contribution in [3.05, 3.63) is 57.9 Å². The van der Waals surface area contributed by atoms with Crippen molar-refractivity contribution in [1.29, 1.82) is 0 Å². The lowest BCUT2D eigenvalue weighted by atomic mass is 10.0. The number of hydrogen-bond acceptors (Lipinski definition) is 2. The van der Waals surface area contributed by atoms with Gasteiger partial charge in [-0.1, -0.05) is 23.7 Å². The molecule has 2 aromatic carbocycles. The maximum Gasteiger partial charge on any atom is 0.162 e. The Morgan fingerprint density at radius 2 is 1.62 bits per heavy atom. The Hall–Kier alpha value is -1.45. The third-order valence-electron chi connectivity index (χ3n) is 3.20. The van der Waals surface area contributed by atoms with Crippen LogP contribution in [0.1, 0.15) is 22.1 Å². The molecule has 0 saturated heterocycles. The second-order valence-corrected chi connectivity index (χ2v) is 5.46. The van der Waals surface area contributed by atoms with E-state index in [1.54, 1.807) is 18.2 Å². The molecule has 1 atom stereocenters. The van der Waals surface area contributed by atoms with Gasteiger partial charge in [0.1, 0.15) is 5.82 Å². The molecule has 0 aliphatic heterocycles. The topological polar surface area (TPSA) is 18.5 Å². The quantitative estimate of drug-likeness (QED) is 0.724. The molecule has 5 heteroatoms. The van der Waals surface area contributed by atoms with E-state index in [1.165, 1.54) is 20.3 Å². The van der Waals surface area contributed by atoms with Gasteiger partial charge in [-0.2, -0.15) is 0 Å². The first-order valence-electron chi connectivity index (χ1n) is 6.29. The van der Waals surface area contributed by atoms with Crippen LogP contribution in [-0.2, 0) is 0 Å². The Bertz CT molecular complexity index is 659. The highest BCUT2D eigenvalue weighted by molar-refractivity contribution is 6.33. The molecule has 2 aromatic rings. The fourth-order valence-electron chi connectivity index (χ4n) is 2.07. The number of alkyl halides is 1. The van der Waals surface area contributed by atoms with E-state index in [4.69, 9.17) is 32.7 Å². The van der Waals surface area contributed by atoms with Crippen molar-refractivity contribution in [1.82, 2.24) is 0 Å². The standard InChI is InChI=1S/C16H15Cl2FO2/c1-9-4-5-10(13(19)6-9)16(18)11-7-14(20-2)15(21-3)8-12(11)17/h4-8,16H,1-3H3. The van der Waals surface area contributed by atoms with Gasteiger partial charge in [-0.25, -0.2) is 4.39 Å². The fourth-order valence-corrected chi connectivity index (χ4v) is 2.75. The molecular formula is C16H15Cl2FO2. The summed E-state index contributed by atoms with van der Waals surface area (Å²) in [5, 5.41) is -0.314. The van der Waals surface area contributed by atoms with Gasteiger partial charge in [0.15, 0.2) is 11.5 Å². The number of aryl methyl sites for hydroxylation is 1. The Kier molecular flexibility index (Phi) is 4.96. The molecule has 0 aromatic heterocycles. The highest BCUT2D eigenvalue weighted by Crippen LogP contribution is 2.41. The van der Waals surface area contributed by atoms with Crippen molar-refractivity contribution in [2.75, 3.05) is 14.2 Å². The van der Waals surface area contributed by atoms with Gasteiger partial charge in [0.2, 0.25) is 0 Å². The highest BCUT2D eigenvalue weighted by Gasteiger charge is 2.20. The lowest BCUT2D eigenvalue weighted by Gasteiger charge is -2.16. The normalized spacial score (nSPS) is 12.1. The van der Waals surface area contributed by atoms with Crippen LogP contribution in [0.25, 0.3) is 0 Å². The first-order valence-corrected chi connectivity index (χ1v) is 7.11. The fraction of sp³-hybridized carbons (Fsp3) is 0.250. The molecule has 0 saturated carbocycles. The van der Waals surface area contributed by atoms with Crippen molar-refractivity contribution in [2.24, 2.45) is 0 Å². The minimum Gasteiger partial charge on any atom is -0.493 e. The van der Waals surface area contributed by atoms with E-state index in [0.717, 1.165) is 5.56 Å². The molecule has 0 spiro atoms. The van der Waals surface area contributed by atoms with Crippen molar-refractivity contribution in [3.63, 3.8) is 0 Å². The lowest BCUT2D eigenvalue weighted by Crippen LogP contribution is -2.00. The zero-order chi connectivity index (χ0) is 15.6. The minimum atomic E-state index is -0.710. The molecule has 21 heavy (non-hydrogen) atoms. The molecule has 0 heterocycles. The van der Waals surface area contributed by atoms with Crippen LogP contribution in [-0.4, -0.2) is 14.2 Å². The monoisotopic (exact) mass is 328 g/mol. The van der Waals surface area contributed by atoms with Crippen LogP contribution in [0.2, 0.25) is 5.02 Å². The van der Waals surface area contributed by atoms with Crippen LogP contribution in [0.5, 0.6) is 11.5 Å². The Balaban J connectivity index is 2.50. The molecule has 0 radical (unpaired) electrons. The average Bonchev–Trinajstić information content (AvgIpc) is 2.46. The summed E-state index contributed by atoms with van der Waals surface area (Å²) in [5.74, 6) is 0.635. The van der Waals surface area contributed by atoms with Crippen molar-refractivity contribution in [2.45, 2.75) is 12.3 Å². The summed E-state index contributed by atoms with van der Waals surface area (Å²) in [7, 11) is 3.04. The molecule has 0 aliphatic rings. The van der Waals surface area contributed by atoms with Gasteiger partial charge in [0.25, 0.3) is 0 Å². The highest BCUT2D eigenvalue weighted by atomic mass is 35.5. The predicted molar refractivity (Wildman–Crippen MR) is 83.4 cm³/mol. The Labute approximate surface area is 133 Å². The Morgan fingerprint density at radius 3 is 2.19 bits per heavy atom. The summed E-state index contributed by atoms with van der Waals surface area (Å²) in [6.07, 6.45) is 0. The summed E-state index contributed by atoms with van der Waals surface area (Å²) in [6, 6.07) is 8.19. The maximum atomic E-state index is 14.1. The molecule has 112 valence electrons. The van der Waals surface area contributed by atoms with Crippen molar-refractivity contribution >= 4 is 23.2 Å². The molecule has 0 N–H and O–H groups in total. The summed E-state index contributed by atoms with van der Waals surface area (Å²) < 4.78 is 24.5. The first-order chi connectivity index (χ1) is 9.97. The van der Waals surface area contributed by atoms with Crippen LogP contribution in [0.3, 0.4) is 0 Å². The SMILES string of the molecule is COc1cc(Cl)c(C(Cl)c2ccc(C)cc2F)cc1OC. The minimum absolute atomic E-state index is 0.360. The molecule has 1 unspecified atom stereocenters. The van der Waals surface area contributed by atoms with Crippen LogP contribution >= 0.6 is 23.2 Å². The molecule has 2 rings (SSSR count). The molecule has 0 fully saturated rings. The number of rotatable bonds is 4. The predicted octanol–water partition coefficient (Wildman–Crippen LogP) is 5.13. The number of ether oxygens (including phenoxy) is 2. The van der Waals surface area contributed by atoms with Crippen molar-refractivity contribution < 1.29 is 13.9 Å². The lowest BCUT2D eigenvalue weighted by molar-refractivity contribution is 0.354. The molecule has 0 aliphatic carbocycles. The van der Waals surface area contributed by atoms with Crippen molar-refractivity contribution in [3.8, 4) is 11.5 Å². The summed E-state index contributed by atoms with van der Waals surface area (Å²) in [6.45, 7) is 1.82. The molecule has 0 bridgehead atoms. The summed E-state index contributed by atoms with van der Waals surface area (Å²) in [4.78, 5) is 0. The van der Waals surface area contributed by atoms with E-state index in [-0.39, 0.29) is 5.82 Å². The summed E-state index contributed by atoms with van der Waals surface area (Å²) >= 11 is 12.6. The van der Waals surface area contributed by atoms with E-state index >= 15 is 0 Å². The molecule has 0 amide bonds. The van der Waals surface area contributed by atoms with Gasteiger partial charge in [0.05, 0.1) is 19.6 Å².